The van der Waals surface area contributed by atoms with Crippen molar-refractivity contribution in [1.82, 2.24) is 19.5 Å². The zero-order chi connectivity index (χ0) is 28.6. The lowest BCUT2D eigenvalue weighted by Crippen LogP contribution is -2.52. The Morgan fingerprint density at radius 2 is 1.80 bits per heavy atom. The highest BCUT2D eigenvalue weighted by atomic mass is 35.5. The Morgan fingerprint density at radius 1 is 1.12 bits per heavy atom. The average Bonchev–Trinajstić information content (AvgIpc) is 3.64. The summed E-state index contributed by atoms with van der Waals surface area (Å²) in [5.41, 5.74) is -1.98. The van der Waals surface area contributed by atoms with Crippen LogP contribution in [0.25, 0.3) is 11.2 Å². The predicted molar refractivity (Wildman–Crippen MR) is 136 cm³/mol. The van der Waals surface area contributed by atoms with Gasteiger partial charge in [0.2, 0.25) is 5.28 Å². The minimum absolute atomic E-state index is 0.0730. The van der Waals surface area contributed by atoms with Crippen LogP contribution >= 0.6 is 11.6 Å². The molecule has 214 valence electrons. The van der Waals surface area contributed by atoms with Crippen LogP contribution in [0.2, 0.25) is 5.28 Å². The van der Waals surface area contributed by atoms with E-state index < -0.39 is 60.9 Å². The summed E-state index contributed by atoms with van der Waals surface area (Å²) >= 11 is 6.16. The fourth-order valence-electron chi connectivity index (χ4n) is 5.07. The van der Waals surface area contributed by atoms with Crippen LogP contribution in [-0.4, -0.2) is 88.4 Å². The smallest absolute Gasteiger partial charge is 0.348 e. The first kappa shape index (κ1) is 28.1. The number of aliphatic hydroxyl groups is 2. The van der Waals surface area contributed by atoms with E-state index in [1.807, 2.05) is 0 Å². The van der Waals surface area contributed by atoms with Gasteiger partial charge in [-0.1, -0.05) is 25.0 Å². The monoisotopic (exact) mass is 579 g/mol. The van der Waals surface area contributed by atoms with Gasteiger partial charge in [-0.15, -0.1) is 0 Å². The Hall–Kier alpha value is -3.43. The number of carboxylic acid groups (broad SMARTS) is 2. The third-order valence-electron chi connectivity index (χ3n) is 7.25. The Morgan fingerprint density at radius 3 is 2.45 bits per heavy atom. The van der Waals surface area contributed by atoms with Crippen LogP contribution in [0.4, 0.5) is 10.2 Å². The Kier molecular flexibility index (Phi) is 7.88. The zero-order valence-corrected chi connectivity index (χ0v) is 21.7. The van der Waals surface area contributed by atoms with E-state index in [1.54, 1.807) is 0 Å². The first-order valence-corrected chi connectivity index (χ1v) is 13.0. The van der Waals surface area contributed by atoms with Gasteiger partial charge in [-0.25, -0.2) is 19.0 Å². The van der Waals surface area contributed by atoms with E-state index in [2.05, 4.69) is 20.3 Å². The fraction of sp³-hybridized carbons (Fsp3) is 0.480. The van der Waals surface area contributed by atoms with Crippen molar-refractivity contribution < 1.29 is 43.9 Å². The molecule has 2 aromatic heterocycles. The van der Waals surface area contributed by atoms with Gasteiger partial charge in [0.1, 0.15) is 24.1 Å². The molecule has 3 heterocycles. The minimum Gasteiger partial charge on any atom is -0.479 e. The third-order valence-corrected chi connectivity index (χ3v) is 7.42. The Balaban J connectivity index is 1.36. The van der Waals surface area contributed by atoms with Gasteiger partial charge in [0.05, 0.1) is 12.9 Å². The third kappa shape index (κ3) is 5.32. The number of aliphatic carboxylic acids is 2. The summed E-state index contributed by atoms with van der Waals surface area (Å²) in [6, 6.07) is 4.82. The van der Waals surface area contributed by atoms with Crippen LogP contribution in [0.5, 0.6) is 0 Å². The number of nitrogens with zero attached hydrogens (tertiary/aromatic N) is 4. The molecule has 5 rings (SSSR count). The van der Waals surface area contributed by atoms with Crippen LogP contribution in [0.3, 0.4) is 0 Å². The summed E-state index contributed by atoms with van der Waals surface area (Å²) in [4.78, 5) is 37.0. The van der Waals surface area contributed by atoms with E-state index in [0.717, 1.165) is 37.8 Å². The number of fused-ring (bicyclic) bond motifs is 1. The van der Waals surface area contributed by atoms with Gasteiger partial charge in [0.15, 0.2) is 23.2 Å². The van der Waals surface area contributed by atoms with E-state index in [4.69, 9.17) is 21.1 Å². The van der Waals surface area contributed by atoms with Crippen molar-refractivity contribution in [2.45, 2.75) is 68.3 Å². The van der Waals surface area contributed by atoms with E-state index in [-0.39, 0.29) is 22.5 Å². The summed E-state index contributed by atoms with van der Waals surface area (Å²) in [5.74, 6) is -3.77. The van der Waals surface area contributed by atoms with Crippen molar-refractivity contribution in [3.05, 3.63) is 47.3 Å². The van der Waals surface area contributed by atoms with Crippen molar-refractivity contribution in [3.63, 3.8) is 0 Å². The molecular weight excluding hydrogens is 553 g/mol. The van der Waals surface area contributed by atoms with E-state index in [1.165, 1.54) is 23.0 Å². The molecule has 1 aliphatic carbocycles. The highest BCUT2D eigenvalue weighted by Gasteiger charge is 2.51. The molecule has 1 aliphatic heterocycles. The molecular formula is C25H27ClFN5O8. The van der Waals surface area contributed by atoms with Crippen LogP contribution in [-0.2, 0) is 25.5 Å². The van der Waals surface area contributed by atoms with Crippen molar-refractivity contribution in [2.24, 2.45) is 0 Å². The summed E-state index contributed by atoms with van der Waals surface area (Å²) < 4.78 is 25.9. The number of hydrogen-bond donors (Lipinski definition) is 5. The number of aromatic nitrogens is 4. The first-order chi connectivity index (χ1) is 19.1. The molecule has 1 saturated carbocycles. The topological polar surface area (TPSA) is 189 Å². The largest absolute Gasteiger partial charge is 0.479 e. The second-order valence-electron chi connectivity index (χ2n) is 9.89. The van der Waals surface area contributed by atoms with Crippen molar-refractivity contribution in [3.8, 4) is 0 Å². The maximum absolute atomic E-state index is 13.3. The fourth-order valence-corrected chi connectivity index (χ4v) is 5.23. The average molecular weight is 580 g/mol. The van der Waals surface area contributed by atoms with Crippen molar-refractivity contribution >= 4 is 40.5 Å². The van der Waals surface area contributed by atoms with Crippen LogP contribution < -0.4 is 5.32 Å². The van der Waals surface area contributed by atoms with Gasteiger partial charge in [0.25, 0.3) is 5.60 Å². The second kappa shape index (κ2) is 11.2. The molecule has 15 heteroatoms. The molecule has 2 fully saturated rings. The van der Waals surface area contributed by atoms with Gasteiger partial charge in [-0.05, 0) is 42.1 Å². The number of aliphatic hydroxyl groups excluding tert-OH is 2. The number of benzene rings is 1. The lowest BCUT2D eigenvalue weighted by molar-refractivity contribution is -0.190. The zero-order valence-electron chi connectivity index (χ0n) is 21.0. The van der Waals surface area contributed by atoms with Gasteiger partial charge < -0.3 is 35.2 Å². The summed E-state index contributed by atoms with van der Waals surface area (Å²) in [7, 11) is 0. The molecule has 3 aromatic rings. The number of rotatable bonds is 10. The number of nitrogens with one attached hydrogen (secondary N) is 1. The number of carbonyl (C=O) groups is 2. The molecule has 0 amide bonds. The molecule has 0 spiro atoms. The molecule has 1 aromatic carbocycles. The highest BCUT2D eigenvalue weighted by molar-refractivity contribution is 6.28. The maximum atomic E-state index is 13.3. The molecule has 40 heavy (non-hydrogen) atoms. The number of halogens is 2. The Labute approximate surface area is 231 Å². The molecule has 1 saturated heterocycles. The molecule has 0 unspecified atom stereocenters. The molecule has 5 N–H and O–H groups in total. The van der Waals surface area contributed by atoms with Crippen LogP contribution in [0, 0.1) is 5.82 Å². The maximum Gasteiger partial charge on any atom is 0.348 e. The van der Waals surface area contributed by atoms with Gasteiger partial charge in [0, 0.05) is 12.5 Å². The molecule has 4 atom stereocenters. The highest BCUT2D eigenvalue weighted by Crippen LogP contribution is 2.34. The molecule has 13 nitrogen and oxygen atoms in total. The van der Waals surface area contributed by atoms with E-state index >= 15 is 0 Å². The van der Waals surface area contributed by atoms with Gasteiger partial charge in [-0.3, -0.25) is 4.57 Å². The number of ether oxygens (including phenoxy) is 2. The first-order valence-electron chi connectivity index (χ1n) is 12.6. The Bertz CT molecular complexity index is 1390. The van der Waals surface area contributed by atoms with Crippen molar-refractivity contribution in [1.29, 1.82) is 0 Å². The normalized spacial score (nSPS) is 23.6. The number of hydrogen-bond acceptors (Lipinski definition) is 10. The predicted octanol–water partition coefficient (Wildman–Crippen LogP) is 1.76. The molecule has 0 bridgehead atoms. The SMILES string of the molecule is O=C(O)C(Cc1ccc(F)cc1)(OC[C@H]1O[C@@H](n2cnc3c(NC4CCCC4)nc(Cl)nc32)[C@H](O)[C@H]1O)C(=O)O. The quantitative estimate of drug-likeness (QED) is 0.173. The number of anilines is 1. The lowest BCUT2D eigenvalue weighted by atomic mass is 9.94. The van der Waals surface area contributed by atoms with E-state index in [9.17, 15) is 34.4 Å². The van der Waals surface area contributed by atoms with Crippen molar-refractivity contribution in [2.75, 3.05) is 11.9 Å². The number of imidazole rings is 1. The number of carboxylic acids is 2. The summed E-state index contributed by atoms with van der Waals surface area (Å²) in [6.45, 7) is -0.703. The lowest BCUT2D eigenvalue weighted by Gasteiger charge is -2.27. The second-order valence-corrected chi connectivity index (χ2v) is 10.2. The standard InChI is InChI=1S/C25H27ClFN5O8/c26-24-30-19(29-14-3-1-2-4-14)16-20(31-24)32(11-28-16)21-18(34)17(33)15(40-21)10-39-25(22(35)36,23(37)38)9-12-5-7-13(27)8-6-12/h5-8,11,14-15,17-18,21,33-34H,1-4,9-10H2,(H,35,36)(H,37,38)(H,29,30,31)/t15-,17+,18-,21-/m1/s1. The molecule has 0 radical (unpaired) electrons. The van der Waals surface area contributed by atoms with Crippen LogP contribution in [0.15, 0.2) is 30.6 Å². The van der Waals surface area contributed by atoms with Crippen LogP contribution in [0.1, 0.15) is 37.5 Å². The van der Waals surface area contributed by atoms with Gasteiger partial charge >= 0.3 is 11.9 Å². The summed E-state index contributed by atoms with van der Waals surface area (Å²) in [6.07, 6.45) is -0.850. The van der Waals surface area contributed by atoms with Gasteiger partial charge in [-0.2, -0.15) is 9.97 Å². The van der Waals surface area contributed by atoms with E-state index in [0.29, 0.717) is 11.3 Å². The minimum atomic E-state index is -2.77. The molecule has 2 aliphatic rings. The summed E-state index contributed by atoms with van der Waals surface area (Å²) in [5, 5.41) is 44.3.